The zero-order chi connectivity index (χ0) is 48.4. The molecular weight excluding hydrogens is 865 g/mol. The fourth-order valence-corrected chi connectivity index (χ4v) is 6.82. The van der Waals surface area contributed by atoms with Crippen molar-refractivity contribution in [3.8, 4) is 0 Å². The van der Waals surface area contributed by atoms with Gasteiger partial charge in [0.15, 0.2) is 0 Å². The molecule has 6 rings (SSSR count). The SMILES string of the molecule is CCN(CC)c1ccc2c(C)cc(=O)oc2c1.CCN(CC)c1ccc2c(C)cc(=O)oc2c1.NC(N)=[NH2+].NC(N)=[NH2+].O=S(=O)([O-])c1ccc(/C=C/c2ccc(S(=O)(=O)[O-])cc2)cc1. The lowest BCUT2D eigenvalue weighted by atomic mass is 10.1. The van der Waals surface area contributed by atoms with E-state index in [2.05, 4.69) is 83.4 Å². The molecule has 0 amide bonds. The van der Waals surface area contributed by atoms with Crippen LogP contribution in [0.15, 0.2) is 125 Å². The maximum Gasteiger partial charge on any atom is 0.336 e. The van der Waals surface area contributed by atoms with Crippen molar-refractivity contribution in [3.05, 3.63) is 140 Å². The molecule has 344 valence electrons. The zero-order valence-corrected chi connectivity index (χ0v) is 38.1. The summed E-state index contributed by atoms with van der Waals surface area (Å²) in [6.45, 7) is 16.1. The Labute approximate surface area is 372 Å². The first-order valence-electron chi connectivity index (χ1n) is 19.6. The van der Waals surface area contributed by atoms with Gasteiger partial charge in [-0.25, -0.2) is 26.4 Å². The molecule has 0 unspecified atom stereocenters. The van der Waals surface area contributed by atoms with Gasteiger partial charge in [-0.15, -0.1) is 0 Å². The molecular formula is C44H56N8O10S2. The summed E-state index contributed by atoms with van der Waals surface area (Å²) in [5.74, 6) is -0.167. The maximum atomic E-state index is 11.3. The number of aryl methyl sites for hydroxylation is 2. The maximum absolute atomic E-state index is 11.3. The third kappa shape index (κ3) is 17.4. The predicted molar refractivity (Wildman–Crippen MR) is 250 cm³/mol. The highest BCUT2D eigenvalue weighted by Gasteiger charge is 2.08. The van der Waals surface area contributed by atoms with Crippen molar-refractivity contribution >= 4 is 77.6 Å². The number of rotatable bonds is 10. The summed E-state index contributed by atoms with van der Waals surface area (Å²) in [5.41, 5.74) is 24.5. The van der Waals surface area contributed by atoms with E-state index in [4.69, 9.17) is 8.83 Å². The third-order valence-electron chi connectivity index (χ3n) is 8.93. The van der Waals surface area contributed by atoms with Crippen LogP contribution < -0.4 is 54.8 Å². The fourth-order valence-electron chi connectivity index (χ4n) is 5.88. The number of anilines is 2. The second-order valence-electron chi connectivity index (χ2n) is 13.6. The topological polar surface area (TPSA) is 337 Å². The van der Waals surface area contributed by atoms with E-state index in [1.807, 2.05) is 38.1 Å². The summed E-state index contributed by atoms with van der Waals surface area (Å²) in [6.07, 6.45) is 3.31. The molecule has 0 spiro atoms. The second kappa shape index (κ2) is 24.6. The lowest BCUT2D eigenvalue weighted by molar-refractivity contribution is -0.117. The van der Waals surface area contributed by atoms with Gasteiger partial charge in [0, 0.05) is 72.6 Å². The highest BCUT2D eigenvalue weighted by Crippen LogP contribution is 2.24. The van der Waals surface area contributed by atoms with E-state index < -0.39 is 20.2 Å². The van der Waals surface area contributed by atoms with Crippen molar-refractivity contribution in [2.24, 2.45) is 22.9 Å². The van der Waals surface area contributed by atoms with E-state index in [1.165, 1.54) is 60.7 Å². The molecule has 0 bridgehead atoms. The molecule has 18 nitrogen and oxygen atoms in total. The second-order valence-corrected chi connectivity index (χ2v) is 16.3. The first-order valence-corrected chi connectivity index (χ1v) is 22.4. The van der Waals surface area contributed by atoms with Crippen molar-refractivity contribution in [3.63, 3.8) is 0 Å². The zero-order valence-electron chi connectivity index (χ0n) is 36.5. The Hall–Kier alpha value is -7.00. The standard InChI is InChI=1S/2C14H17NO2.C14H12O6S2.2CH5N3/c2*1-4-15(5-2)11-6-7-12-10(3)8-14(16)17-13(12)9-11;15-21(16,17)13-7-3-11(4-8-13)1-2-12-5-9-14(10-6-12)22(18,19)20;2*2-1(3)4/h2*6-9H,4-5H2,1-3H3;1-10H,(H,15,16,17)(H,18,19,20);2*(H5,2,3,4)/b;;2-1+;;. The first kappa shape index (κ1) is 53.1. The molecule has 6 aromatic rings. The van der Waals surface area contributed by atoms with Gasteiger partial charge in [-0.2, -0.15) is 0 Å². The van der Waals surface area contributed by atoms with Gasteiger partial charge in [-0.05, 0) is 112 Å². The minimum atomic E-state index is -4.47. The van der Waals surface area contributed by atoms with Crippen molar-refractivity contribution in [2.45, 2.75) is 51.3 Å². The van der Waals surface area contributed by atoms with Crippen molar-refractivity contribution in [1.29, 1.82) is 0 Å². The number of nitrogens with zero attached hydrogens (tertiary/aromatic N) is 2. The Morgan fingerprint density at radius 3 is 1.08 bits per heavy atom. The number of hydrogen-bond donors (Lipinski definition) is 6. The number of guanidine groups is 2. The van der Waals surface area contributed by atoms with Crippen molar-refractivity contribution in [2.75, 3.05) is 36.0 Å². The van der Waals surface area contributed by atoms with E-state index in [9.17, 15) is 35.5 Å². The summed E-state index contributed by atoms with van der Waals surface area (Å²) in [6, 6.07) is 25.8. The monoisotopic (exact) mass is 920 g/mol. The van der Waals surface area contributed by atoms with Gasteiger partial charge in [0.2, 0.25) is 0 Å². The minimum Gasteiger partial charge on any atom is -0.744 e. The molecule has 0 aliphatic rings. The molecule has 2 aromatic heterocycles. The highest BCUT2D eigenvalue weighted by molar-refractivity contribution is 7.86. The third-order valence-corrected chi connectivity index (χ3v) is 10.6. The van der Waals surface area contributed by atoms with Crippen molar-refractivity contribution in [1.82, 2.24) is 0 Å². The highest BCUT2D eigenvalue weighted by atomic mass is 32.2. The quantitative estimate of drug-likeness (QED) is 0.0374. The minimum absolute atomic E-state index is 0.0833. The lowest BCUT2D eigenvalue weighted by Gasteiger charge is -2.21. The largest absolute Gasteiger partial charge is 0.744 e. The molecule has 0 fully saturated rings. The van der Waals surface area contributed by atoms with Crippen LogP contribution in [0.1, 0.15) is 49.9 Å². The number of hydrogen-bond acceptors (Lipinski definition) is 12. The van der Waals surface area contributed by atoms with Gasteiger partial charge >= 0.3 is 23.2 Å². The molecule has 20 heteroatoms. The van der Waals surface area contributed by atoms with Gasteiger partial charge in [0.1, 0.15) is 31.4 Å². The molecule has 0 saturated carbocycles. The van der Waals surface area contributed by atoms with E-state index >= 15 is 0 Å². The van der Waals surface area contributed by atoms with E-state index in [-0.39, 0.29) is 33.0 Å². The smallest absolute Gasteiger partial charge is 0.336 e. The van der Waals surface area contributed by atoms with Crippen LogP contribution in [0.3, 0.4) is 0 Å². The van der Waals surface area contributed by atoms with Crippen LogP contribution in [0.4, 0.5) is 11.4 Å². The summed E-state index contributed by atoms with van der Waals surface area (Å²) in [5, 5.41) is 11.2. The lowest BCUT2D eigenvalue weighted by Crippen LogP contribution is -2.51. The number of fused-ring (bicyclic) bond motifs is 2. The van der Waals surface area contributed by atoms with Crippen LogP contribution in [0.25, 0.3) is 34.1 Å². The predicted octanol–water partition coefficient (Wildman–Crippen LogP) is 1.60. The van der Waals surface area contributed by atoms with Gasteiger partial charge in [0.05, 0.1) is 9.79 Å². The van der Waals surface area contributed by atoms with Crippen LogP contribution in [0.2, 0.25) is 0 Å². The van der Waals surface area contributed by atoms with Gasteiger partial charge < -0.3 is 27.7 Å². The molecule has 0 aliphatic heterocycles. The average molecular weight is 921 g/mol. The molecule has 0 saturated heterocycles. The molecule has 12 N–H and O–H groups in total. The summed E-state index contributed by atoms with van der Waals surface area (Å²) in [4.78, 5) is 26.5. The summed E-state index contributed by atoms with van der Waals surface area (Å²) >= 11 is 0. The normalized spacial score (nSPS) is 10.8. The molecule has 64 heavy (non-hydrogen) atoms. The first-order chi connectivity index (χ1) is 29.9. The summed E-state index contributed by atoms with van der Waals surface area (Å²) in [7, 11) is -8.93. The van der Waals surface area contributed by atoms with Crippen molar-refractivity contribution < 1.29 is 45.6 Å². The Morgan fingerprint density at radius 2 is 0.828 bits per heavy atom. The Kier molecular flexibility index (Phi) is 20.4. The van der Waals surface area contributed by atoms with E-state index in [0.717, 1.165) is 59.5 Å². The Bertz CT molecular complexity index is 2670. The number of nitrogens with two attached hydrogens (primary N) is 6. The molecule has 0 radical (unpaired) electrons. The van der Waals surface area contributed by atoms with E-state index in [0.29, 0.717) is 22.3 Å². The molecule has 0 aliphatic carbocycles. The van der Waals surface area contributed by atoms with Crippen LogP contribution in [-0.2, 0) is 20.2 Å². The van der Waals surface area contributed by atoms with Gasteiger partial charge in [-0.3, -0.25) is 33.8 Å². The van der Waals surface area contributed by atoms with Crippen LogP contribution in [0, 0.1) is 13.8 Å². The molecule has 4 aromatic carbocycles. The average Bonchev–Trinajstić information content (AvgIpc) is 3.20. The molecule has 2 heterocycles. The van der Waals surface area contributed by atoms with Gasteiger partial charge in [0.25, 0.3) is 0 Å². The van der Waals surface area contributed by atoms with Gasteiger partial charge in [-0.1, -0.05) is 36.4 Å². The van der Waals surface area contributed by atoms with Crippen LogP contribution in [-0.4, -0.2) is 64.0 Å². The Balaban J connectivity index is 0.000000306. The summed E-state index contributed by atoms with van der Waals surface area (Å²) < 4.78 is 75.2. The fraction of sp³-hybridized carbons (Fsp3) is 0.227. The number of benzene rings is 4. The van der Waals surface area contributed by atoms with Crippen LogP contribution >= 0.6 is 0 Å². The van der Waals surface area contributed by atoms with Crippen LogP contribution in [0.5, 0.6) is 0 Å². The Morgan fingerprint density at radius 1 is 0.547 bits per heavy atom. The van der Waals surface area contributed by atoms with E-state index in [1.54, 1.807) is 12.2 Å². The molecule has 0 atom stereocenters.